The first kappa shape index (κ1) is 17.5. The van der Waals surface area contributed by atoms with Gasteiger partial charge in [0.1, 0.15) is 10.5 Å². The molecule has 1 aromatic rings. The lowest BCUT2D eigenvalue weighted by molar-refractivity contribution is 0.0240. The number of benzene rings is 1. The van der Waals surface area contributed by atoms with E-state index < -0.39 is 15.8 Å². The molecule has 2 rings (SSSR count). The minimum absolute atomic E-state index is 0.357. The van der Waals surface area contributed by atoms with Crippen LogP contribution in [0.25, 0.3) is 0 Å². The van der Waals surface area contributed by atoms with Crippen LogP contribution in [0.1, 0.15) is 20.8 Å². The summed E-state index contributed by atoms with van der Waals surface area (Å²) in [5.41, 5.74) is 0.0745. The molecule has 0 aliphatic carbocycles. The Kier molecular flexibility index (Phi) is 4.84. The maximum absolute atomic E-state index is 13.1. The van der Waals surface area contributed by atoms with Crippen LogP contribution in [-0.2, 0) is 15.0 Å². The van der Waals surface area contributed by atoms with E-state index in [0.29, 0.717) is 31.9 Å². The lowest BCUT2D eigenvalue weighted by atomic mass is 10.2. The van der Waals surface area contributed by atoms with E-state index in [9.17, 15) is 17.1 Å². The highest BCUT2D eigenvalue weighted by Crippen LogP contribution is 2.22. The smallest absolute Gasteiger partial charge is 0.410 e. The summed E-state index contributed by atoms with van der Waals surface area (Å²) >= 11 is 0. The summed E-state index contributed by atoms with van der Waals surface area (Å²) in [6.45, 7) is 7.39. The van der Waals surface area contributed by atoms with Crippen LogP contribution >= 0.6 is 0 Å². The second-order valence-electron chi connectivity index (χ2n) is 6.39. The average molecular weight is 344 g/mol. The van der Waals surface area contributed by atoms with Crippen molar-refractivity contribution < 1.29 is 21.8 Å². The number of carbonyl (C=O) groups is 1. The Morgan fingerprint density at radius 1 is 1.17 bits per heavy atom. The molecule has 1 aromatic carbocycles. The lowest BCUT2D eigenvalue weighted by Gasteiger charge is -2.36. The largest absolute Gasteiger partial charge is 0.444 e. The third-order valence-electron chi connectivity index (χ3n) is 3.40. The monoisotopic (exact) mass is 344 g/mol. The fourth-order valence-corrected chi connectivity index (χ4v) is 2.81. The first-order valence-electron chi connectivity index (χ1n) is 7.34. The lowest BCUT2D eigenvalue weighted by Crippen LogP contribution is -2.50. The summed E-state index contributed by atoms with van der Waals surface area (Å²) in [4.78, 5) is 15.2. The van der Waals surface area contributed by atoms with Crippen molar-refractivity contribution in [3.63, 3.8) is 0 Å². The van der Waals surface area contributed by atoms with Gasteiger partial charge in [0.25, 0.3) is 0 Å². The van der Waals surface area contributed by atoms with Crippen molar-refractivity contribution in [1.29, 1.82) is 0 Å². The van der Waals surface area contributed by atoms with Crippen LogP contribution < -0.4 is 4.90 Å². The maximum atomic E-state index is 13.1. The molecule has 0 atom stereocenters. The van der Waals surface area contributed by atoms with Gasteiger partial charge in [0, 0.05) is 31.9 Å². The van der Waals surface area contributed by atoms with E-state index in [-0.39, 0.29) is 11.0 Å². The molecule has 0 radical (unpaired) electrons. The van der Waals surface area contributed by atoms with Crippen LogP contribution in [-0.4, -0.2) is 51.2 Å². The molecule has 1 amide bonds. The third-order valence-corrected chi connectivity index (χ3v) is 4.21. The molecule has 0 saturated carbocycles. The molecule has 1 aliphatic heterocycles. The van der Waals surface area contributed by atoms with Gasteiger partial charge in [-0.25, -0.2) is 4.79 Å². The van der Waals surface area contributed by atoms with Crippen molar-refractivity contribution >= 4 is 22.0 Å². The Morgan fingerprint density at radius 3 is 2.30 bits per heavy atom. The van der Waals surface area contributed by atoms with Crippen molar-refractivity contribution in [3.8, 4) is 0 Å². The van der Waals surface area contributed by atoms with Crippen LogP contribution in [0.5, 0.6) is 0 Å². The standard InChI is InChI=1S/C15H21FN2O4S/c1-15(2,3)22-14(19)18-9-7-17(8-10-18)12-5-4-6-13(11-12)23(16,20)21/h4-6,11H,7-10H2,1-3H3. The molecule has 1 heterocycles. The molecule has 1 saturated heterocycles. The zero-order valence-corrected chi connectivity index (χ0v) is 14.3. The zero-order chi connectivity index (χ0) is 17.3. The molecular formula is C15H21FN2O4S. The van der Waals surface area contributed by atoms with Gasteiger partial charge >= 0.3 is 16.3 Å². The van der Waals surface area contributed by atoms with E-state index in [0.717, 1.165) is 0 Å². The van der Waals surface area contributed by atoms with Crippen LogP contribution in [0.2, 0.25) is 0 Å². The Bertz CT molecular complexity index is 677. The first-order valence-corrected chi connectivity index (χ1v) is 8.72. The average Bonchev–Trinajstić information content (AvgIpc) is 2.45. The van der Waals surface area contributed by atoms with Gasteiger partial charge in [0.05, 0.1) is 0 Å². The van der Waals surface area contributed by atoms with Crippen molar-refractivity contribution in [1.82, 2.24) is 4.90 Å². The second-order valence-corrected chi connectivity index (χ2v) is 7.74. The molecule has 0 aromatic heterocycles. The number of piperazine rings is 1. The van der Waals surface area contributed by atoms with E-state index in [1.807, 2.05) is 25.7 Å². The van der Waals surface area contributed by atoms with Gasteiger partial charge in [-0.05, 0) is 39.0 Å². The van der Waals surface area contributed by atoms with Crippen molar-refractivity contribution in [2.24, 2.45) is 0 Å². The highest BCUT2D eigenvalue weighted by Gasteiger charge is 2.26. The highest BCUT2D eigenvalue weighted by molar-refractivity contribution is 7.86. The Balaban J connectivity index is 2.01. The van der Waals surface area contributed by atoms with E-state index in [4.69, 9.17) is 4.74 Å². The van der Waals surface area contributed by atoms with Crippen LogP contribution in [0, 0.1) is 0 Å². The first-order chi connectivity index (χ1) is 10.6. The molecule has 8 heteroatoms. The van der Waals surface area contributed by atoms with Gasteiger partial charge in [-0.3, -0.25) is 0 Å². The van der Waals surface area contributed by atoms with Gasteiger partial charge in [-0.15, -0.1) is 3.89 Å². The summed E-state index contributed by atoms with van der Waals surface area (Å²) in [6.07, 6.45) is -0.364. The minimum Gasteiger partial charge on any atom is -0.444 e. The molecule has 6 nitrogen and oxygen atoms in total. The van der Waals surface area contributed by atoms with E-state index in [1.165, 1.54) is 18.2 Å². The Morgan fingerprint density at radius 2 is 1.78 bits per heavy atom. The Hall–Kier alpha value is -1.83. The van der Waals surface area contributed by atoms with Gasteiger partial charge in [0.2, 0.25) is 0 Å². The topological polar surface area (TPSA) is 66.9 Å². The zero-order valence-electron chi connectivity index (χ0n) is 13.5. The Labute approximate surface area is 136 Å². The number of hydrogen-bond acceptors (Lipinski definition) is 5. The number of carbonyl (C=O) groups excluding carboxylic acids is 1. The number of amides is 1. The molecule has 0 unspecified atom stereocenters. The van der Waals surface area contributed by atoms with Crippen molar-refractivity contribution in [2.75, 3.05) is 31.1 Å². The van der Waals surface area contributed by atoms with Gasteiger partial charge in [0.15, 0.2) is 0 Å². The fraction of sp³-hybridized carbons (Fsp3) is 0.533. The predicted molar refractivity (Wildman–Crippen MR) is 84.8 cm³/mol. The molecule has 128 valence electrons. The number of hydrogen-bond donors (Lipinski definition) is 0. The molecule has 0 spiro atoms. The van der Waals surface area contributed by atoms with Gasteiger partial charge in [-0.1, -0.05) is 6.07 Å². The minimum atomic E-state index is -4.72. The fourth-order valence-electron chi connectivity index (χ4n) is 2.31. The number of rotatable bonds is 2. The summed E-state index contributed by atoms with van der Waals surface area (Å²) in [6, 6.07) is 5.74. The van der Waals surface area contributed by atoms with Crippen LogP contribution in [0.3, 0.4) is 0 Å². The van der Waals surface area contributed by atoms with Crippen molar-refractivity contribution in [3.05, 3.63) is 24.3 Å². The summed E-state index contributed by atoms with van der Waals surface area (Å²) < 4.78 is 40.4. The number of nitrogens with zero attached hydrogens (tertiary/aromatic N) is 2. The SMILES string of the molecule is CC(C)(C)OC(=O)N1CCN(c2cccc(S(=O)(=O)F)c2)CC1. The summed E-state index contributed by atoms with van der Waals surface area (Å²) in [7, 11) is -4.72. The van der Waals surface area contributed by atoms with Crippen molar-refractivity contribution in [2.45, 2.75) is 31.3 Å². The van der Waals surface area contributed by atoms with E-state index >= 15 is 0 Å². The maximum Gasteiger partial charge on any atom is 0.410 e. The normalized spacial score (nSPS) is 16.3. The van der Waals surface area contributed by atoms with Gasteiger partial charge in [-0.2, -0.15) is 8.42 Å². The van der Waals surface area contributed by atoms with Crippen LogP contribution in [0.15, 0.2) is 29.2 Å². The molecule has 23 heavy (non-hydrogen) atoms. The quantitative estimate of drug-likeness (QED) is 0.771. The highest BCUT2D eigenvalue weighted by atomic mass is 32.3. The molecule has 1 fully saturated rings. The van der Waals surface area contributed by atoms with Gasteiger partial charge < -0.3 is 14.5 Å². The molecule has 0 N–H and O–H groups in total. The van der Waals surface area contributed by atoms with Crippen LogP contribution in [0.4, 0.5) is 14.4 Å². The molecular weight excluding hydrogens is 323 g/mol. The number of anilines is 1. The van der Waals surface area contributed by atoms with E-state index in [2.05, 4.69) is 0 Å². The van der Waals surface area contributed by atoms with E-state index in [1.54, 1.807) is 11.0 Å². The summed E-state index contributed by atoms with van der Waals surface area (Å²) in [5.74, 6) is 0. The predicted octanol–water partition coefficient (Wildman–Crippen LogP) is 2.40. The second kappa shape index (κ2) is 6.35. The number of ether oxygens (including phenoxy) is 1. The number of halogens is 1. The molecule has 0 bridgehead atoms. The molecule has 1 aliphatic rings. The third kappa shape index (κ3) is 4.82. The summed E-state index contributed by atoms with van der Waals surface area (Å²) in [5, 5.41) is 0.